The van der Waals surface area contributed by atoms with Crippen LogP contribution in [0.3, 0.4) is 0 Å². The average Bonchev–Trinajstić information content (AvgIpc) is 1.80. The predicted octanol–water partition coefficient (Wildman–Crippen LogP) is 1.86. The van der Waals surface area contributed by atoms with Gasteiger partial charge in [-0.1, -0.05) is 24.3 Å². The van der Waals surface area contributed by atoms with Gasteiger partial charge in [-0.15, -0.1) is 0 Å². The monoisotopic (exact) mass is 125 g/mol. The summed E-state index contributed by atoms with van der Waals surface area (Å²) in [7, 11) is 0. The molecule has 0 amide bonds. The summed E-state index contributed by atoms with van der Waals surface area (Å²) in [5, 5.41) is 0. The molecular formula is C8H15N. The van der Waals surface area contributed by atoms with Crippen LogP contribution in [0.4, 0.5) is 0 Å². The fourth-order valence-corrected chi connectivity index (χ4v) is 0.508. The lowest BCUT2D eigenvalue weighted by atomic mass is 10.3. The molecule has 0 rings (SSSR count). The molecule has 1 heteroatoms. The molecule has 0 aromatic rings. The highest BCUT2D eigenvalue weighted by Crippen LogP contribution is 1.86. The standard InChI is InChI=1S/C8H15N/c1-3-4-5-6-7-8(2)9/h3-4,6-8H,5,9H2,1-2H3. The van der Waals surface area contributed by atoms with E-state index in [0.717, 1.165) is 6.42 Å². The van der Waals surface area contributed by atoms with E-state index in [4.69, 9.17) is 5.73 Å². The zero-order valence-electron chi connectivity index (χ0n) is 6.17. The van der Waals surface area contributed by atoms with E-state index in [-0.39, 0.29) is 6.04 Å². The van der Waals surface area contributed by atoms with E-state index in [9.17, 15) is 0 Å². The Kier molecular flexibility index (Phi) is 5.23. The van der Waals surface area contributed by atoms with Gasteiger partial charge >= 0.3 is 0 Å². The molecule has 2 N–H and O–H groups in total. The molecule has 0 aromatic carbocycles. The molecule has 0 saturated heterocycles. The first-order chi connectivity index (χ1) is 4.27. The van der Waals surface area contributed by atoms with Crippen molar-refractivity contribution in [2.75, 3.05) is 0 Å². The topological polar surface area (TPSA) is 26.0 Å². The lowest BCUT2D eigenvalue weighted by molar-refractivity contribution is 0.921. The molecule has 0 radical (unpaired) electrons. The Morgan fingerprint density at radius 1 is 1.44 bits per heavy atom. The van der Waals surface area contributed by atoms with Gasteiger partial charge in [0.05, 0.1) is 0 Å². The maximum absolute atomic E-state index is 5.46. The molecule has 0 heterocycles. The highest BCUT2D eigenvalue weighted by Gasteiger charge is 1.79. The zero-order chi connectivity index (χ0) is 7.11. The van der Waals surface area contributed by atoms with Crippen molar-refractivity contribution in [3.63, 3.8) is 0 Å². The summed E-state index contributed by atoms with van der Waals surface area (Å²) in [6, 6.07) is 0.190. The number of allylic oxidation sites excluding steroid dienone is 3. The Morgan fingerprint density at radius 3 is 2.56 bits per heavy atom. The third-order valence-corrected chi connectivity index (χ3v) is 0.948. The molecule has 0 aromatic heterocycles. The van der Waals surface area contributed by atoms with Gasteiger partial charge in [-0.05, 0) is 20.3 Å². The van der Waals surface area contributed by atoms with Crippen LogP contribution in [0.2, 0.25) is 0 Å². The van der Waals surface area contributed by atoms with E-state index >= 15 is 0 Å². The molecule has 0 bridgehead atoms. The quantitative estimate of drug-likeness (QED) is 0.572. The van der Waals surface area contributed by atoms with E-state index in [2.05, 4.69) is 12.2 Å². The van der Waals surface area contributed by atoms with Crippen LogP contribution in [-0.4, -0.2) is 6.04 Å². The lowest BCUT2D eigenvalue weighted by Gasteiger charge is -1.90. The molecule has 1 atom stereocenters. The lowest BCUT2D eigenvalue weighted by Crippen LogP contribution is -2.09. The van der Waals surface area contributed by atoms with E-state index in [1.54, 1.807) is 0 Å². The van der Waals surface area contributed by atoms with Crippen LogP contribution in [0, 0.1) is 0 Å². The Hall–Kier alpha value is -0.560. The Bertz CT molecular complexity index is 101. The van der Waals surface area contributed by atoms with Crippen LogP contribution in [-0.2, 0) is 0 Å². The van der Waals surface area contributed by atoms with Crippen molar-refractivity contribution in [1.29, 1.82) is 0 Å². The highest BCUT2D eigenvalue weighted by atomic mass is 14.6. The van der Waals surface area contributed by atoms with Crippen molar-refractivity contribution < 1.29 is 0 Å². The molecule has 0 fully saturated rings. The van der Waals surface area contributed by atoms with Crippen molar-refractivity contribution in [1.82, 2.24) is 0 Å². The van der Waals surface area contributed by atoms with Crippen LogP contribution in [0.15, 0.2) is 24.3 Å². The fraction of sp³-hybridized carbons (Fsp3) is 0.500. The minimum atomic E-state index is 0.190. The van der Waals surface area contributed by atoms with Gasteiger partial charge in [-0.2, -0.15) is 0 Å². The van der Waals surface area contributed by atoms with Gasteiger partial charge in [0.1, 0.15) is 0 Å². The van der Waals surface area contributed by atoms with Gasteiger partial charge < -0.3 is 5.73 Å². The molecule has 1 nitrogen and oxygen atoms in total. The Morgan fingerprint density at radius 2 is 2.11 bits per heavy atom. The van der Waals surface area contributed by atoms with Crippen LogP contribution in [0.1, 0.15) is 20.3 Å². The zero-order valence-corrected chi connectivity index (χ0v) is 6.17. The van der Waals surface area contributed by atoms with Crippen molar-refractivity contribution in [2.24, 2.45) is 5.73 Å². The van der Waals surface area contributed by atoms with Gasteiger partial charge in [0.25, 0.3) is 0 Å². The number of nitrogens with two attached hydrogens (primary N) is 1. The number of hydrogen-bond donors (Lipinski definition) is 1. The normalized spacial score (nSPS) is 15.4. The van der Waals surface area contributed by atoms with Crippen LogP contribution >= 0.6 is 0 Å². The first-order valence-corrected chi connectivity index (χ1v) is 3.30. The summed E-state index contributed by atoms with van der Waals surface area (Å²) >= 11 is 0. The maximum Gasteiger partial charge on any atom is 0.0194 e. The first-order valence-electron chi connectivity index (χ1n) is 3.30. The third-order valence-electron chi connectivity index (χ3n) is 0.948. The maximum atomic E-state index is 5.46. The Balaban J connectivity index is 3.25. The van der Waals surface area contributed by atoms with Gasteiger partial charge in [-0.25, -0.2) is 0 Å². The van der Waals surface area contributed by atoms with Crippen LogP contribution < -0.4 is 5.73 Å². The summed E-state index contributed by atoms with van der Waals surface area (Å²) in [6.45, 7) is 3.98. The second-order valence-corrected chi connectivity index (χ2v) is 2.09. The van der Waals surface area contributed by atoms with Gasteiger partial charge in [0.15, 0.2) is 0 Å². The van der Waals surface area contributed by atoms with E-state index in [1.165, 1.54) is 0 Å². The third kappa shape index (κ3) is 7.44. The molecule has 0 aliphatic carbocycles. The minimum Gasteiger partial charge on any atom is -0.325 e. The number of rotatable bonds is 3. The highest BCUT2D eigenvalue weighted by molar-refractivity contribution is 4.94. The molecule has 9 heavy (non-hydrogen) atoms. The van der Waals surface area contributed by atoms with Crippen molar-refractivity contribution in [3.05, 3.63) is 24.3 Å². The second kappa shape index (κ2) is 5.57. The van der Waals surface area contributed by atoms with Crippen molar-refractivity contribution in [3.8, 4) is 0 Å². The van der Waals surface area contributed by atoms with Gasteiger partial charge in [-0.3, -0.25) is 0 Å². The summed E-state index contributed by atoms with van der Waals surface area (Å²) in [6.07, 6.45) is 9.20. The second-order valence-electron chi connectivity index (χ2n) is 2.09. The predicted molar refractivity (Wildman–Crippen MR) is 42.2 cm³/mol. The molecule has 1 unspecified atom stereocenters. The largest absolute Gasteiger partial charge is 0.325 e. The summed E-state index contributed by atoms with van der Waals surface area (Å²) in [5.74, 6) is 0. The van der Waals surface area contributed by atoms with Crippen LogP contribution in [0.5, 0.6) is 0 Å². The Labute approximate surface area is 57.3 Å². The van der Waals surface area contributed by atoms with Gasteiger partial charge in [0.2, 0.25) is 0 Å². The fourth-order valence-electron chi connectivity index (χ4n) is 0.508. The van der Waals surface area contributed by atoms with Crippen molar-refractivity contribution >= 4 is 0 Å². The smallest absolute Gasteiger partial charge is 0.0194 e. The molecule has 0 spiro atoms. The number of hydrogen-bond acceptors (Lipinski definition) is 1. The van der Waals surface area contributed by atoms with E-state index in [0.29, 0.717) is 0 Å². The summed E-state index contributed by atoms with van der Waals surface area (Å²) in [5.41, 5.74) is 5.46. The molecule has 0 saturated carbocycles. The molecule has 52 valence electrons. The minimum absolute atomic E-state index is 0.190. The molecule has 0 aliphatic rings. The first kappa shape index (κ1) is 8.44. The van der Waals surface area contributed by atoms with E-state index in [1.807, 2.05) is 26.0 Å². The summed E-state index contributed by atoms with van der Waals surface area (Å²) in [4.78, 5) is 0. The van der Waals surface area contributed by atoms with Gasteiger partial charge in [0, 0.05) is 6.04 Å². The van der Waals surface area contributed by atoms with E-state index < -0.39 is 0 Å². The summed E-state index contributed by atoms with van der Waals surface area (Å²) < 4.78 is 0. The molecular weight excluding hydrogens is 110 g/mol. The average molecular weight is 125 g/mol. The van der Waals surface area contributed by atoms with Crippen LogP contribution in [0.25, 0.3) is 0 Å². The SMILES string of the molecule is CC=CCC=CC(C)N. The molecule has 0 aliphatic heterocycles. The van der Waals surface area contributed by atoms with Crippen molar-refractivity contribution in [2.45, 2.75) is 26.3 Å².